The number of rotatable bonds is 4. The Kier molecular flexibility index (Phi) is 5.38. The highest BCUT2D eigenvalue weighted by atomic mass is 79.9. The third-order valence-corrected chi connectivity index (χ3v) is 5.50. The van der Waals surface area contributed by atoms with Crippen LogP contribution in [0.2, 0.25) is 0 Å². The van der Waals surface area contributed by atoms with E-state index in [-0.39, 0.29) is 0 Å². The van der Waals surface area contributed by atoms with Crippen LogP contribution in [-0.2, 0) is 5.54 Å². The molecule has 8 heteroatoms. The standard InChI is InChI=1S/C20H20BrN5O2/c21-15-9-11-16(12-10-15)26-18(23-24-25-26)20(13-5-2-6-14-20)22-19(27)28-17-7-3-1-4-8-17/h1,3-4,7-12H,2,5-6,13-14H2,(H,22,27). The van der Waals surface area contributed by atoms with E-state index in [2.05, 4.69) is 36.8 Å². The molecule has 0 spiro atoms. The minimum Gasteiger partial charge on any atom is -0.410 e. The number of amides is 1. The molecule has 0 saturated heterocycles. The fourth-order valence-electron chi connectivity index (χ4n) is 3.62. The van der Waals surface area contributed by atoms with Gasteiger partial charge in [0.2, 0.25) is 0 Å². The molecule has 4 rings (SSSR count). The summed E-state index contributed by atoms with van der Waals surface area (Å²) in [4.78, 5) is 12.7. The summed E-state index contributed by atoms with van der Waals surface area (Å²) in [5, 5.41) is 15.4. The molecule has 0 bridgehead atoms. The number of tetrazole rings is 1. The Morgan fingerprint density at radius 2 is 1.75 bits per heavy atom. The summed E-state index contributed by atoms with van der Waals surface area (Å²) in [6, 6.07) is 16.8. The number of hydrogen-bond donors (Lipinski definition) is 1. The van der Waals surface area contributed by atoms with Crippen molar-refractivity contribution in [1.29, 1.82) is 0 Å². The van der Waals surface area contributed by atoms with E-state index in [1.54, 1.807) is 16.8 Å². The van der Waals surface area contributed by atoms with Gasteiger partial charge in [0, 0.05) is 4.47 Å². The third-order valence-electron chi connectivity index (χ3n) is 4.97. The smallest absolute Gasteiger partial charge is 0.410 e. The number of halogens is 1. The van der Waals surface area contributed by atoms with Crippen LogP contribution in [0.25, 0.3) is 5.69 Å². The van der Waals surface area contributed by atoms with Crippen molar-refractivity contribution >= 4 is 22.0 Å². The molecule has 3 aromatic rings. The average molecular weight is 442 g/mol. The molecule has 2 aromatic carbocycles. The summed E-state index contributed by atoms with van der Waals surface area (Å²) in [5.74, 6) is 1.12. The molecule has 0 aliphatic heterocycles. The predicted molar refractivity (Wildman–Crippen MR) is 107 cm³/mol. The van der Waals surface area contributed by atoms with Crippen molar-refractivity contribution in [3.05, 3.63) is 64.9 Å². The van der Waals surface area contributed by atoms with Crippen molar-refractivity contribution in [1.82, 2.24) is 25.5 Å². The highest BCUT2D eigenvalue weighted by molar-refractivity contribution is 9.10. The van der Waals surface area contributed by atoms with Crippen LogP contribution >= 0.6 is 15.9 Å². The lowest BCUT2D eigenvalue weighted by Gasteiger charge is -2.36. The molecule has 7 nitrogen and oxygen atoms in total. The van der Waals surface area contributed by atoms with Crippen molar-refractivity contribution in [3.63, 3.8) is 0 Å². The maximum absolute atomic E-state index is 12.7. The number of nitrogens with one attached hydrogen (secondary N) is 1. The zero-order valence-electron chi connectivity index (χ0n) is 15.2. The van der Waals surface area contributed by atoms with E-state index in [0.29, 0.717) is 11.6 Å². The van der Waals surface area contributed by atoms with Crippen LogP contribution in [0.4, 0.5) is 4.79 Å². The van der Waals surface area contributed by atoms with Crippen LogP contribution in [-0.4, -0.2) is 26.3 Å². The Morgan fingerprint density at radius 3 is 2.46 bits per heavy atom. The molecule has 1 fully saturated rings. The molecule has 0 atom stereocenters. The minimum absolute atomic E-state index is 0.499. The second kappa shape index (κ2) is 8.10. The SMILES string of the molecule is O=C(NC1(c2nnnn2-c2ccc(Br)cc2)CCCCC1)Oc1ccccc1. The first-order valence-corrected chi connectivity index (χ1v) is 10.1. The highest BCUT2D eigenvalue weighted by Crippen LogP contribution is 2.37. The maximum Gasteiger partial charge on any atom is 0.413 e. The zero-order valence-corrected chi connectivity index (χ0v) is 16.8. The van der Waals surface area contributed by atoms with E-state index in [1.807, 2.05) is 42.5 Å². The van der Waals surface area contributed by atoms with Crippen LogP contribution in [0.15, 0.2) is 59.1 Å². The second-order valence-electron chi connectivity index (χ2n) is 6.86. The Morgan fingerprint density at radius 1 is 1.04 bits per heavy atom. The van der Waals surface area contributed by atoms with Crippen LogP contribution in [0.1, 0.15) is 37.9 Å². The largest absolute Gasteiger partial charge is 0.413 e. The molecule has 0 unspecified atom stereocenters. The van der Waals surface area contributed by atoms with Crippen molar-refractivity contribution in [2.75, 3.05) is 0 Å². The van der Waals surface area contributed by atoms with E-state index >= 15 is 0 Å². The molecule has 1 aliphatic rings. The summed E-state index contributed by atoms with van der Waals surface area (Å²) in [7, 11) is 0. The second-order valence-corrected chi connectivity index (χ2v) is 7.78. The average Bonchev–Trinajstić information content (AvgIpc) is 3.20. The number of para-hydroxylation sites is 1. The van der Waals surface area contributed by atoms with E-state index in [9.17, 15) is 4.79 Å². The first kappa shape index (κ1) is 18.6. The Labute approximate surface area is 171 Å². The van der Waals surface area contributed by atoms with Crippen LogP contribution in [0.3, 0.4) is 0 Å². The first-order chi connectivity index (χ1) is 13.7. The van der Waals surface area contributed by atoms with Crippen molar-refractivity contribution < 1.29 is 9.53 Å². The fraction of sp³-hybridized carbons (Fsp3) is 0.300. The van der Waals surface area contributed by atoms with E-state index in [0.717, 1.165) is 42.3 Å². The van der Waals surface area contributed by atoms with Gasteiger partial charge in [0.15, 0.2) is 5.82 Å². The van der Waals surface area contributed by atoms with Gasteiger partial charge in [-0.15, -0.1) is 5.10 Å². The van der Waals surface area contributed by atoms with Gasteiger partial charge in [-0.05, 0) is 59.7 Å². The van der Waals surface area contributed by atoms with Gasteiger partial charge in [0.05, 0.1) is 5.69 Å². The molecule has 1 amide bonds. The third kappa shape index (κ3) is 3.91. The van der Waals surface area contributed by atoms with Gasteiger partial charge in [0.25, 0.3) is 0 Å². The van der Waals surface area contributed by atoms with Crippen molar-refractivity contribution in [2.45, 2.75) is 37.6 Å². The molecule has 144 valence electrons. The molecular formula is C20H20BrN5O2. The molecule has 1 heterocycles. The molecule has 0 radical (unpaired) electrons. The van der Waals surface area contributed by atoms with Gasteiger partial charge in [0.1, 0.15) is 11.3 Å². The summed E-state index contributed by atoms with van der Waals surface area (Å²) < 4.78 is 8.14. The lowest BCUT2D eigenvalue weighted by molar-refractivity contribution is 0.162. The van der Waals surface area contributed by atoms with Gasteiger partial charge >= 0.3 is 6.09 Å². The summed E-state index contributed by atoms with van der Waals surface area (Å²) >= 11 is 3.44. The van der Waals surface area contributed by atoms with Gasteiger partial charge < -0.3 is 10.1 Å². The number of carbonyl (C=O) groups is 1. The topological polar surface area (TPSA) is 81.9 Å². The molecule has 1 aliphatic carbocycles. The van der Waals surface area contributed by atoms with Crippen LogP contribution in [0, 0.1) is 0 Å². The van der Waals surface area contributed by atoms with E-state index in [4.69, 9.17) is 4.74 Å². The summed E-state index contributed by atoms with van der Waals surface area (Å²) in [6.07, 6.45) is 4.11. The Bertz CT molecular complexity index is 937. The van der Waals surface area contributed by atoms with Crippen LogP contribution < -0.4 is 10.1 Å². The molecule has 1 N–H and O–H groups in total. The zero-order chi connectivity index (χ0) is 19.4. The van der Waals surface area contributed by atoms with Gasteiger partial charge in [-0.1, -0.05) is 53.4 Å². The van der Waals surface area contributed by atoms with E-state index < -0.39 is 11.6 Å². The number of aromatic nitrogens is 4. The highest BCUT2D eigenvalue weighted by Gasteiger charge is 2.41. The number of hydrogen-bond acceptors (Lipinski definition) is 5. The fourth-order valence-corrected chi connectivity index (χ4v) is 3.88. The molecule has 28 heavy (non-hydrogen) atoms. The Hall–Kier alpha value is -2.74. The molecule has 1 aromatic heterocycles. The monoisotopic (exact) mass is 441 g/mol. The number of benzene rings is 2. The number of ether oxygens (including phenoxy) is 1. The van der Waals surface area contributed by atoms with Crippen molar-refractivity contribution in [3.8, 4) is 11.4 Å². The quantitative estimate of drug-likeness (QED) is 0.649. The van der Waals surface area contributed by atoms with E-state index in [1.165, 1.54) is 0 Å². The maximum atomic E-state index is 12.7. The lowest BCUT2D eigenvalue weighted by atomic mass is 9.81. The van der Waals surface area contributed by atoms with Gasteiger partial charge in [-0.3, -0.25) is 0 Å². The van der Waals surface area contributed by atoms with Gasteiger partial charge in [-0.25, -0.2) is 4.79 Å². The summed E-state index contributed by atoms with van der Waals surface area (Å²) in [5.41, 5.74) is 0.173. The van der Waals surface area contributed by atoms with Gasteiger partial charge in [-0.2, -0.15) is 4.68 Å². The van der Waals surface area contributed by atoms with Crippen LogP contribution in [0.5, 0.6) is 5.75 Å². The molecular weight excluding hydrogens is 422 g/mol. The number of nitrogens with zero attached hydrogens (tertiary/aromatic N) is 4. The molecule has 1 saturated carbocycles. The summed E-state index contributed by atoms with van der Waals surface area (Å²) in [6.45, 7) is 0. The normalized spacial score (nSPS) is 15.8. The lowest BCUT2D eigenvalue weighted by Crippen LogP contribution is -2.50. The minimum atomic E-state index is -0.666. The van der Waals surface area contributed by atoms with Crippen molar-refractivity contribution in [2.24, 2.45) is 0 Å². The number of carbonyl (C=O) groups excluding carboxylic acids is 1. The Balaban J connectivity index is 1.64. The predicted octanol–water partition coefficient (Wildman–Crippen LogP) is 4.37. The first-order valence-electron chi connectivity index (χ1n) is 9.26.